The van der Waals surface area contributed by atoms with Crippen LogP contribution in [-0.4, -0.2) is 33.0 Å². The third-order valence-corrected chi connectivity index (χ3v) is 14.1. The lowest BCUT2D eigenvalue weighted by atomic mass is 9.64. The molecule has 5 rings (SSSR count). The van der Waals surface area contributed by atoms with Crippen molar-refractivity contribution in [1.82, 2.24) is 0 Å². The summed E-state index contributed by atoms with van der Waals surface area (Å²) in [5.74, 6) is -0.273. The van der Waals surface area contributed by atoms with Gasteiger partial charge in [0.2, 0.25) is 11.8 Å². The molecule has 6 nitrogen and oxygen atoms in total. The van der Waals surface area contributed by atoms with Crippen LogP contribution in [0, 0.1) is 32.5 Å². The van der Waals surface area contributed by atoms with E-state index in [0.717, 1.165) is 0 Å². The third kappa shape index (κ3) is 2.59. The second-order valence-corrected chi connectivity index (χ2v) is 14.6. The van der Waals surface area contributed by atoms with E-state index in [4.69, 9.17) is 0 Å². The standard InChI is InChI=1S/C28H34Br2N2O4/c1-23(2)25(5)11-13-27(23,17(29)19(25)33)21(35)31-15-9-7-8-10-16(15)32-22(36)28-14-12-26(6,24(28,3)4)20(34)18(28)30/h7-10,17-18H,11-14H2,1-6H3,(H,31,35)(H,32,36). The number of halogens is 2. The fraction of sp³-hybridized carbons (Fsp3) is 0.643. The van der Waals surface area contributed by atoms with Crippen molar-refractivity contribution in [1.29, 1.82) is 0 Å². The molecular formula is C28H34Br2N2O4. The van der Waals surface area contributed by atoms with Gasteiger partial charge in [-0.15, -0.1) is 0 Å². The van der Waals surface area contributed by atoms with E-state index in [1.54, 1.807) is 24.3 Å². The highest BCUT2D eigenvalue weighted by Gasteiger charge is 2.78. The lowest BCUT2D eigenvalue weighted by Gasteiger charge is -2.40. The minimum Gasteiger partial charge on any atom is -0.324 e. The molecule has 0 saturated heterocycles. The van der Waals surface area contributed by atoms with E-state index in [-0.39, 0.29) is 23.4 Å². The van der Waals surface area contributed by atoms with Gasteiger partial charge in [0.1, 0.15) is 0 Å². The maximum Gasteiger partial charge on any atom is 0.232 e. The Labute approximate surface area is 229 Å². The molecule has 1 aromatic carbocycles. The second-order valence-electron chi connectivity index (χ2n) is 12.8. The lowest BCUT2D eigenvalue weighted by molar-refractivity contribution is -0.131. The van der Waals surface area contributed by atoms with Gasteiger partial charge in [-0.25, -0.2) is 0 Å². The van der Waals surface area contributed by atoms with E-state index in [1.807, 2.05) is 41.5 Å². The molecule has 4 fully saturated rings. The first-order chi connectivity index (χ1) is 16.6. The molecule has 0 aliphatic heterocycles. The number of carbonyl (C=O) groups excluding carboxylic acids is 4. The van der Waals surface area contributed by atoms with Crippen molar-refractivity contribution in [2.75, 3.05) is 10.6 Å². The summed E-state index contributed by atoms with van der Waals surface area (Å²) in [6.45, 7) is 12.0. The summed E-state index contributed by atoms with van der Waals surface area (Å²) < 4.78 is 0. The zero-order valence-corrected chi connectivity index (χ0v) is 24.9. The van der Waals surface area contributed by atoms with Gasteiger partial charge in [0.05, 0.1) is 31.9 Å². The molecular weight excluding hydrogens is 588 g/mol. The maximum absolute atomic E-state index is 13.9. The number of alkyl halides is 2. The molecule has 4 saturated carbocycles. The molecule has 0 heterocycles. The summed E-state index contributed by atoms with van der Waals surface area (Å²) in [5, 5.41) is 6.13. The van der Waals surface area contributed by atoms with E-state index in [1.165, 1.54) is 0 Å². The van der Waals surface area contributed by atoms with E-state index in [9.17, 15) is 19.2 Å². The van der Waals surface area contributed by atoms with E-state index in [0.29, 0.717) is 37.1 Å². The fourth-order valence-corrected chi connectivity index (χ4v) is 11.1. The Bertz CT molecular complexity index is 1130. The monoisotopic (exact) mass is 620 g/mol. The van der Waals surface area contributed by atoms with Crippen molar-refractivity contribution < 1.29 is 19.2 Å². The Morgan fingerprint density at radius 2 is 1.03 bits per heavy atom. The third-order valence-electron chi connectivity index (χ3n) is 11.7. The molecule has 1 aromatic rings. The summed E-state index contributed by atoms with van der Waals surface area (Å²) in [4.78, 5) is 53.0. The Morgan fingerprint density at radius 1 is 0.694 bits per heavy atom. The highest BCUT2D eigenvalue weighted by atomic mass is 79.9. The number of hydrogen-bond acceptors (Lipinski definition) is 4. The van der Waals surface area contributed by atoms with Crippen molar-refractivity contribution >= 4 is 66.6 Å². The number of fused-ring (bicyclic) bond motifs is 4. The van der Waals surface area contributed by atoms with Gasteiger partial charge in [-0.2, -0.15) is 0 Å². The molecule has 36 heavy (non-hydrogen) atoms. The smallest absolute Gasteiger partial charge is 0.232 e. The van der Waals surface area contributed by atoms with Gasteiger partial charge < -0.3 is 10.6 Å². The molecule has 4 bridgehead atoms. The average molecular weight is 622 g/mol. The molecule has 2 N–H and O–H groups in total. The lowest BCUT2D eigenvalue weighted by Crippen LogP contribution is -2.48. The minimum absolute atomic E-state index is 0.0790. The van der Waals surface area contributed by atoms with Gasteiger partial charge in [-0.3, -0.25) is 19.2 Å². The van der Waals surface area contributed by atoms with Crippen LogP contribution in [0.15, 0.2) is 24.3 Å². The van der Waals surface area contributed by atoms with Crippen LogP contribution >= 0.6 is 31.9 Å². The highest BCUT2D eigenvalue weighted by molar-refractivity contribution is 9.10. The number of nitrogens with one attached hydrogen (secondary N) is 2. The first-order valence-electron chi connectivity index (χ1n) is 12.6. The maximum atomic E-state index is 13.9. The first-order valence-corrected chi connectivity index (χ1v) is 14.5. The molecule has 0 radical (unpaired) electrons. The number of anilines is 2. The van der Waals surface area contributed by atoms with Gasteiger partial charge in [-0.1, -0.05) is 85.5 Å². The SMILES string of the molecule is CC12CCC(C(=O)Nc3ccccc3NC(=O)C34CCC(C)(C(=O)C3Br)C4(C)C)(C(Br)C1=O)C2(C)C. The van der Waals surface area contributed by atoms with Crippen LogP contribution < -0.4 is 10.6 Å². The topological polar surface area (TPSA) is 92.3 Å². The summed E-state index contributed by atoms with van der Waals surface area (Å²) in [6, 6.07) is 7.13. The normalized spacial score (nSPS) is 41.6. The largest absolute Gasteiger partial charge is 0.324 e. The van der Waals surface area contributed by atoms with Gasteiger partial charge in [0.25, 0.3) is 0 Å². The molecule has 0 aromatic heterocycles. The zero-order chi connectivity index (χ0) is 26.7. The van der Waals surface area contributed by atoms with Crippen molar-refractivity contribution in [2.45, 2.75) is 76.9 Å². The summed E-state index contributed by atoms with van der Waals surface area (Å²) in [6.07, 6.45) is 2.57. The Kier molecular flexibility index (Phi) is 5.45. The predicted octanol–water partition coefficient (Wildman–Crippen LogP) is 5.88. The van der Waals surface area contributed by atoms with E-state index in [2.05, 4.69) is 42.5 Å². The Hall–Kier alpha value is -1.54. The molecule has 6 unspecified atom stereocenters. The van der Waals surface area contributed by atoms with Crippen LogP contribution in [0.25, 0.3) is 0 Å². The van der Waals surface area contributed by atoms with Crippen molar-refractivity contribution in [3.05, 3.63) is 24.3 Å². The Balaban J connectivity index is 1.46. The zero-order valence-electron chi connectivity index (χ0n) is 21.7. The molecule has 0 spiro atoms. The fourth-order valence-electron chi connectivity index (χ4n) is 8.08. The van der Waals surface area contributed by atoms with E-state index < -0.39 is 42.1 Å². The molecule has 194 valence electrons. The highest BCUT2D eigenvalue weighted by Crippen LogP contribution is 2.73. The van der Waals surface area contributed by atoms with Crippen LogP contribution in [0.2, 0.25) is 0 Å². The number of carbonyl (C=O) groups is 4. The number of Topliss-reactive ketones (excluding diaryl/α,β-unsaturated/α-hetero) is 2. The van der Waals surface area contributed by atoms with Crippen LogP contribution in [-0.2, 0) is 19.2 Å². The Morgan fingerprint density at radius 3 is 1.31 bits per heavy atom. The number of benzene rings is 1. The molecule has 6 atom stereocenters. The van der Waals surface area contributed by atoms with Gasteiger partial charge >= 0.3 is 0 Å². The molecule has 4 aliphatic carbocycles. The van der Waals surface area contributed by atoms with Gasteiger partial charge in [0, 0.05) is 10.8 Å². The van der Waals surface area contributed by atoms with Crippen molar-refractivity contribution in [2.24, 2.45) is 32.5 Å². The van der Waals surface area contributed by atoms with E-state index >= 15 is 0 Å². The average Bonchev–Trinajstić information content (AvgIpc) is 3.25. The summed E-state index contributed by atoms with van der Waals surface area (Å²) >= 11 is 7.16. The number of rotatable bonds is 4. The molecule has 8 heteroatoms. The number of ketones is 2. The van der Waals surface area contributed by atoms with Crippen molar-refractivity contribution in [3.8, 4) is 0 Å². The van der Waals surface area contributed by atoms with Crippen LogP contribution in [0.1, 0.15) is 67.2 Å². The summed E-state index contributed by atoms with van der Waals surface area (Å²) in [5.41, 5.74) is -2.99. The number of hydrogen-bond donors (Lipinski definition) is 2. The molecule has 2 amide bonds. The second kappa shape index (κ2) is 7.52. The van der Waals surface area contributed by atoms with Crippen LogP contribution in [0.4, 0.5) is 11.4 Å². The number of amides is 2. The first kappa shape index (κ1) is 26.1. The van der Waals surface area contributed by atoms with Gasteiger partial charge in [-0.05, 0) is 48.6 Å². The quantitative estimate of drug-likeness (QED) is 0.411. The van der Waals surface area contributed by atoms with Crippen LogP contribution in [0.5, 0.6) is 0 Å². The van der Waals surface area contributed by atoms with Crippen molar-refractivity contribution in [3.63, 3.8) is 0 Å². The van der Waals surface area contributed by atoms with Gasteiger partial charge in [0.15, 0.2) is 11.6 Å². The summed E-state index contributed by atoms with van der Waals surface area (Å²) in [7, 11) is 0. The number of para-hydroxylation sites is 2. The van der Waals surface area contributed by atoms with Crippen LogP contribution in [0.3, 0.4) is 0 Å². The predicted molar refractivity (Wildman–Crippen MR) is 146 cm³/mol. The minimum atomic E-state index is -0.886. The molecule has 4 aliphatic rings.